The number of rotatable bonds is 4. The van der Waals surface area contributed by atoms with E-state index < -0.39 is 9.85 Å². The Labute approximate surface area is 131 Å². The number of non-ortho nitro benzene ring substituents is 1. The summed E-state index contributed by atoms with van der Waals surface area (Å²) in [5.41, 5.74) is -0.0665. The molecule has 3 rings (SSSR count). The van der Waals surface area contributed by atoms with Gasteiger partial charge < -0.3 is 4.90 Å². The van der Waals surface area contributed by atoms with Gasteiger partial charge in [-0.25, -0.2) is 0 Å². The second-order valence-electron chi connectivity index (χ2n) is 5.39. The first-order chi connectivity index (χ1) is 11.1. The zero-order chi connectivity index (χ0) is 16.4. The van der Waals surface area contributed by atoms with Crippen LogP contribution in [0.2, 0.25) is 0 Å². The molecule has 1 aromatic heterocycles. The van der Waals surface area contributed by atoms with Crippen molar-refractivity contribution in [2.24, 2.45) is 0 Å². The molecule has 0 radical (unpaired) electrons. The molecular formula is C14H15N5O4. The lowest BCUT2D eigenvalue weighted by Crippen LogP contribution is -2.35. The fraction of sp³-hybridized carbons (Fsp3) is 0.357. The molecule has 0 N–H and O–H groups in total. The highest BCUT2D eigenvalue weighted by Gasteiger charge is 2.27. The third kappa shape index (κ3) is 2.98. The third-order valence-electron chi connectivity index (χ3n) is 4.07. The van der Waals surface area contributed by atoms with E-state index >= 15 is 0 Å². The van der Waals surface area contributed by atoms with Crippen molar-refractivity contribution in [3.05, 3.63) is 56.9 Å². The average Bonchev–Trinajstić information content (AvgIpc) is 3.09. The third-order valence-corrected chi connectivity index (χ3v) is 4.07. The Bertz CT molecular complexity index is 723. The Morgan fingerprint density at radius 2 is 1.87 bits per heavy atom. The average molecular weight is 317 g/mol. The Kier molecular flexibility index (Phi) is 3.92. The molecule has 0 unspecified atom stereocenters. The molecule has 120 valence electrons. The van der Waals surface area contributed by atoms with E-state index in [9.17, 15) is 20.2 Å². The maximum Gasteiger partial charge on any atom is 0.299 e. The van der Waals surface area contributed by atoms with E-state index in [-0.39, 0.29) is 17.4 Å². The van der Waals surface area contributed by atoms with Gasteiger partial charge in [-0.05, 0) is 25.0 Å². The monoisotopic (exact) mass is 317 g/mol. The molecule has 9 heteroatoms. The number of anilines is 1. The maximum atomic E-state index is 11.2. The molecular weight excluding hydrogens is 302 g/mol. The van der Waals surface area contributed by atoms with Crippen molar-refractivity contribution in [1.29, 1.82) is 0 Å². The second-order valence-corrected chi connectivity index (χ2v) is 5.39. The van der Waals surface area contributed by atoms with Crippen molar-refractivity contribution >= 4 is 17.1 Å². The lowest BCUT2D eigenvalue weighted by atomic mass is 10.0. The number of nitro groups is 2. The lowest BCUT2D eigenvalue weighted by molar-refractivity contribution is -0.393. The quantitative estimate of drug-likeness (QED) is 0.633. The number of nitrogens with zero attached hydrogens (tertiary/aromatic N) is 5. The summed E-state index contributed by atoms with van der Waals surface area (Å²) in [5.74, 6) is 0. The van der Waals surface area contributed by atoms with Crippen LogP contribution in [0.25, 0.3) is 0 Å². The first-order valence-corrected chi connectivity index (χ1v) is 7.23. The van der Waals surface area contributed by atoms with Crippen LogP contribution in [0.5, 0.6) is 0 Å². The van der Waals surface area contributed by atoms with Gasteiger partial charge >= 0.3 is 0 Å². The molecule has 0 amide bonds. The standard InChI is InChI=1S/C14H15N5O4/c20-18(21)12-2-3-13(14(10-12)19(22)23)16-8-4-11(5-9-16)17-7-1-6-15-17/h1-3,6-7,10-11H,4-5,8-9H2. The second kappa shape index (κ2) is 6.03. The molecule has 9 nitrogen and oxygen atoms in total. The fourth-order valence-electron chi connectivity index (χ4n) is 2.91. The van der Waals surface area contributed by atoms with E-state index in [1.165, 1.54) is 12.1 Å². The van der Waals surface area contributed by atoms with Crippen LogP contribution in [0, 0.1) is 20.2 Å². The maximum absolute atomic E-state index is 11.2. The van der Waals surface area contributed by atoms with Gasteiger partial charge in [0, 0.05) is 31.5 Å². The van der Waals surface area contributed by atoms with Crippen LogP contribution in [0.4, 0.5) is 17.1 Å². The Balaban J connectivity index is 1.80. The molecule has 2 heterocycles. The summed E-state index contributed by atoms with van der Waals surface area (Å²) in [5, 5.41) is 26.3. The summed E-state index contributed by atoms with van der Waals surface area (Å²) in [7, 11) is 0. The van der Waals surface area contributed by atoms with Crippen molar-refractivity contribution in [2.75, 3.05) is 18.0 Å². The minimum absolute atomic E-state index is 0.225. The molecule has 1 aromatic carbocycles. The van der Waals surface area contributed by atoms with Gasteiger partial charge in [-0.2, -0.15) is 5.10 Å². The number of benzene rings is 1. The van der Waals surface area contributed by atoms with Gasteiger partial charge in [0.25, 0.3) is 11.4 Å². The van der Waals surface area contributed by atoms with E-state index in [1.54, 1.807) is 6.20 Å². The van der Waals surface area contributed by atoms with E-state index in [1.807, 2.05) is 21.8 Å². The molecule has 0 aliphatic carbocycles. The lowest BCUT2D eigenvalue weighted by Gasteiger charge is -2.33. The summed E-state index contributed by atoms with van der Waals surface area (Å²) in [4.78, 5) is 22.7. The SMILES string of the molecule is O=[N+]([O-])c1ccc(N2CCC(n3cccn3)CC2)c([N+](=O)[O-])c1. The predicted molar refractivity (Wildman–Crippen MR) is 82.5 cm³/mol. The van der Waals surface area contributed by atoms with Crippen molar-refractivity contribution < 1.29 is 9.85 Å². The fourth-order valence-corrected chi connectivity index (χ4v) is 2.91. The van der Waals surface area contributed by atoms with Gasteiger partial charge in [-0.3, -0.25) is 24.9 Å². The summed E-state index contributed by atoms with van der Waals surface area (Å²) in [6.07, 6.45) is 5.27. The van der Waals surface area contributed by atoms with Crippen molar-refractivity contribution in [1.82, 2.24) is 9.78 Å². The van der Waals surface area contributed by atoms with E-state index in [4.69, 9.17) is 0 Å². The molecule has 0 spiro atoms. The summed E-state index contributed by atoms with van der Waals surface area (Å²) < 4.78 is 1.90. The van der Waals surface area contributed by atoms with E-state index in [0.29, 0.717) is 18.8 Å². The summed E-state index contributed by atoms with van der Waals surface area (Å²) in [6.45, 7) is 1.28. The largest absolute Gasteiger partial charge is 0.366 e. The summed E-state index contributed by atoms with van der Waals surface area (Å²) >= 11 is 0. The number of piperidine rings is 1. The van der Waals surface area contributed by atoms with Crippen LogP contribution >= 0.6 is 0 Å². The smallest absolute Gasteiger partial charge is 0.299 e. The van der Waals surface area contributed by atoms with Crippen LogP contribution in [0.15, 0.2) is 36.7 Å². The van der Waals surface area contributed by atoms with Crippen molar-refractivity contribution in [2.45, 2.75) is 18.9 Å². The van der Waals surface area contributed by atoms with Gasteiger partial charge in [-0.1, -0.05) is 0 Å². The van der Waals surface area contributed by atoms with E-state index in [0.717, 1.165) is 18.9 Å². The molecule has 1 aliphatic rings. The zero-order valence-electron chi connectivity index (χ0n) is 12.2. The molecule has 0 saturated carbocycles. The van der Waals surface area contributed by atoms with Crippen LogP contribution in [-0.4, -0.2) is 32.7 Å². The topological polar surface area (TPSA) is 107 Å². The van der Waals surface area contributed by atoms with Crippen molar-refractivity contribution in [3.8, 4) is 0 Å². The number of hydrogen-bond donors (Lipinski definition) is 0. The molecule has 1 fully saturated rings. The number of aromatic nitrogens is 2. The minimum atomic E-state index is -0.624. The van der Waals surface area contributed by atoms with Gasteiger partial charge in [0.15, 0.2) is 0 Å². The highest BCUT2D eigenvalue weighted by molar-refractivity contribution is 5.67. The van der Waals surface area contributed by atoms with Crippen LogP contribution in [-0.2, 0) is 0 Å². The minimum Gasteiger partial charge on any atom is -0.366 e. The first kappa shape index (κ1) is 14.9. The van der Waals surface area contributed by atoms with Gasteiger partial charge in [0.2, 0.25) is 0 Å². The van der Waals surface area contributed by atoms with Gasteiger partial charge in [0.1, 0.15) is 5.69 Å². The molecule has 1 aliphatic heterocycles. The Hall–Kier alpha value is -2.97. The van der Waals surface area contributed by atoms with Crippen LogP contribution in [0.3, 0.4) is 0 Å². The zero-order valence-corrected chi connectivity index (χ0v) is 12.2. The van der Waals surface area contributed by atoms with Gasteiger partial charge in [-0.15, -0.1) is 0 Å². The van der Waals surface area contributed by atoms with Gasteiger partial charge in [0.05, 0.1) is 22.0 Å². The van der Waals surface area contributed by atoms with Crippen LogP contribution < -0.4 is 4.90 Å². The van der Waals surface area contributed by atoms with E-state index in [2.05, 4.69) is 5.10 Å². The highest BCUT2D eigenvalue weighted by Crippen LogP contribution is 2.35. The molecule has 0 atom stereocenters. The Morgan fingerprint density at radius 1 is 1.13 bits per heavy atom. The highest BCUT2D eigenvalue weighted by atomic mass is 16.6. The predicted octanol–water partition coefficient (Wildman–Crippen LogP) is 2.54. The Morgan fingerprint density at radius 3 is 2.43 bits per heavy atom. The number of nitro benzene ring substituents is 2. The molecule has 0 bridgehead atoms. The summed E-state index contributed by atoms with van der Waals surface area (Å²) in [6, 6.07) is 5.94. The van der Waals surface area contributed by atoms with Crippen molar-refractivity contribution in [3.63, 3.8) is 0 Å². The first-order valence-electron chi connectivity index (χ1n) is 7.23. The molecule has 2 aromatic rings. The molecule has 1 saturated heterocycles. The molecule has 23 heavy (non-hydrogen) atoms. The normalized spacial score (nSPS) is 15.6. The number of hydrogen-bond acceptors (Lipinski definition) is 6. The van der Waals surface area contributed by atoms with Crippen LogP contribution in [0.1, 0.15) is 18.9 Å².